The summed E-state index contributed by atoms with van der Waals surface area (Å²) in [6, 6.07) is 2.31. The molecular weight excluding hydrogens is 402 g/mol. The Labute approximate surface area is 130 Å². The van der Waals surface area contributed by atoms with Crippen molar-refractivity contribution in [3.8, 4) is 0 Å². The Morgan fingerprint density at radius 3 is 2.56 bits per heavy atom. The summed E-state index contributed by atoms with van der Waals surface area (Å²) in [6.45, 7) is 2.93. The van der Waals surface area contributed by atoms with Gasteiger partial charge in [-0.15, -0.1) is 11.3 Å². The summed E-state index contributed by atoms with van der Waals surface area (Å²) in [5, 5.41) is 3.40. The van der Waals surface area contributed by atoms with Gasteiger partial charge in [-0.25, -0.2) is 8.42 Å². The second-order valence-corrected chi connectivity index (χ2v) is 9.67. The molecule has 0 aliphatic rings. The van der Waals surface area contributed by atoms with Crippen LogP contribution >= 0.6 is 43.2 Å². The van der Waals surface area contributed by atoms with E-state index in [4.69, 9.17) is 0 Å². The molecule has 0 radical (unpaired) electrons. The lowest BCUT2D eigenvalue weighted by atomic mass is 10.1. The molecular formula is C11H17Br2NO2S2. The molecule has 0 fully saturated rings. The second kappa shape index (κ2) is 7.38. The van der Waals surface area contributed by atoms with Gasteiger partial charge in [0.05, 0.1) is 3.79 Å². The molecule has 18 heavy (non-hydrogen) atoms. The lowest BCUT2D eigenvalue weighted by molar-refractivity contribution is 0.514. The highest BCUT2D eigenvalue weighted by Gasteiger charge is 2.15. The van der Waals surface area contributed by atoms with Crippen LogP contribution in [0.15, 0.2) is 14.3 Å². The van der Waals surface area contributed by atoms with E-state index in [2.05, 4.69) is 50.2 Å². The van der Waals surface area contributed by atoms with E-state index in [0.717, 1.165) is 21.2 Å². The van der Waals surface area contributed by atoms with Crippen LogP contribution in [0.3, 0.4) is 0 Å². The van der Waals surface area contributed by atoms with Crippen molar-refractivity contribution >= 4 is 53.0 Å². The summed E-state index contributed by atoms with van der Waals surface area (Å²) < 4.78 is 24.4. The third-order valence-electron chi connectivity index (χ3n) is 2.47. The molecule has 0 saturated carbocycles. The van der Waals surface area contributed by atoms with Crippen LogP contribution in [0.2, 0.25) is 0 Å². The molecule has 1 heterocycles. The molecule has 0 amide bonds. The van der Waals surface area contributed by atoms with Crippen molar-refractivity contribution in [3.63, 3.8) is 0 Å². The fraction of sp³-hybridized carbons (Fsp3) is 0.636. The van der Waals surface area contributed by atoms with E-state index in [1.807, 2.05) is 0 Å². The molecule has 0 saturated heterocycles. The first-order valence-corrected chi connectivity index (χ1v) is 10.2. The summed E-state index contributed by atoms with van der Waals surface area (Å²) in [5.74, 6) is 0.253. The fourth-order valence-corrected chi connectivity index (χ4v) is 4.57. The lowest BCUT2D eigenvalue weighted by Gasteiger charge is -2.15. The van der Waals surface area contributed by atoms with Gasteiger partial charge in [-0.05, 0) is 57.3 Å². The molecule has 0 bridgehead atoms. The Morgan fingerprint density at radius 2 is 2.11 bits per heavy atom. The molecule has 1 N–H and O–H groups in total. The molecule has 1 rings (SSSR count). The molecule has 1 unspecified atom stereocenters. The first kappa shape index (κ1) is 16.6. The molecule has 0 aliphatic carbocycles. The van der Waals surface area contributed by atoms with Gasteiger partial charge in [0.25, 0.3) is 0 Å². The molecule has 3 nitrogen and oxygen atoms in total. The van der Waals surface area contributed by atoms with E-state index in [-0.39, 0.29) is 11.8 Å². The first-order valence-electron chi connectivity index (χ1n) is 5.69. The van der Waals surface area contributed by atoms with Gasteiger partial charge in [0, 0.05) is 27.4 Å². The molecule has 0 aromatic carbocycles. The largest absolute Gasteiger partial charge is 0.310 e. The second-order valence-electron chi connectivity index (χ2n) is 4.15. The third kappa shape index (κ3) is 5.69. The summed E-state index contributed by atoms with van der Waals surface area (Å²) in [5.41, 5.74) is 0. The average Bonchev–Trinajstić information content (AvgIpc) is 2.56. The van der Waals surface area contributed by atoms with Gasteiger partial charge in [-0.1, -0.05) is 6.92 Å². The predicted octanol–water partition coefficient (Wildman–Crippen LogP) is 3.75. The van der Waals surface area contributed by atoms with Crippen molar-refractivity contribution in [2.24, 2.45) is 0 Å². The topological polar surface area (TPSA) is 46.2 Å². The van der Waals surface area contributed by atoms with Crippen LogP contribution in [-0.4, -0.2) is 27.0 Å². The summed E-state index contributed by atoms with van der Waals surface area (Å²) in [4.78, 5) is 1.23. The van der Waals surface area contributed by atoms with Crippen LogP contribution in [0, 0.1) is 0 Å². The van der Waals surface area contributed by atoms with Crippen LogP contribution < -0.4 is 5.32 Å². The predicted molar refractivity (Wildman–Crippen MR) is 85.1 cm³/mol. The van der Waals surface area contributed by atoms with Crippen molar-refractivity contribution in [2.75, 3.05) is 18.6 Å². The van der Waals surface area contributed by atoms with Gasteiger partial charge in [-0.2, -0.15) is 0 Å². The number of rotatable bonds is 7. The molecule has 1 atom stereocenters. The SMILES string of the molecule is CCNC(CCCS(C)(=O)=O)c1cc(Br)c(Br)s1. The fourth-order valence-electron chi connectivity index (χ4n) is 1.68. The molecule has 7 heteroatoms. The minimum Gasteiger partial charge on any atom is -0.310 e. The van der Waals surface area contributed by atoms with Gasteiger partial charge in [0.1, 0.15) is 9.84 Å². The Hall–Kier alpha value is 0.570. The molecule has 1 aromatic rings. The lowest BCUT2D eigenvalue weighted by Crippen LogP contribution is -2.20. The first-order chi connectivity index (χ1) is 8.33. The van der Waals surface area contributed by atoms with Gasteiger partial charge in [0.2, 0.25) is 0 Å². The zero-order valence-corrected chi connectivity index (χ0v) is 15.2. The van der Waals surface area contributed by atoms with E-state index in [1.54, 1.807) is 11.3 Å². The average molecular weight is 419 g/mol. The molecule has 1 aromatic heterocycles. The number of thiophene rings is 1. The van der Waals surface area contributed by atoms with Crippen LogP contribution in [0.4, 0.5) is 0 Å². The summed E-state index contributed by atoms with van der Waals surface area (Å²) >= 11 is 8.64. The van der Waals surface area contributed by atoms with Crippen molar-refractivity contribution in [1.29, 1.82) is 0 Å². The van der Waals surface area contributed by atoms with Crippen LogP contribution in [0.1, 0.15) is 30.7 Å². The zero-order chi connectivity index (χ0) is 13.8. The molecule has 0 aliphatic heterocycles. The normalized spacial score (nSPS) is 13.8. The van der Waals surface area contributed by atoms with E-state index in [0.29, 0.717) is 6.42 Å². The maximum atomic E-state index is 11.1. The number of nitrogens with one attached hydrogen (secondary N) is 1. The molecule has 104 valence electrons. The van der Waals surface area contributed by atoms with E-state index >= 15 is 0 Å². The monoisotopic (exact) mass is 417 g/mol. The Bertz CT molecular complexity index is 466. The maximum absolute atomic E-state index is 11.1. The summed E-state index contributed by atoms with van der Waals surface area (Å²) in [6.07, 6.45) is 2.80. The summed E-state index contributed by atoms with van der Waals surface area (Å²) in [7, 11) is -2.86. The highest BCUT2D eigenvalue weighted by Crippen LogP contribution is 2.36. The van der Waals surface area contributed by atoms with Crippen LogP contribution in [-0.2, 0) is 9.84 Å². The van der Waals surface area contributed by atoms with E-state index in [9.17, 15) is 8.42 Å². The van der Waals surface area contributed by atoms with Crippen LogP contribution in [0.25, 0.3) is 0 Å². The Morgan fingerprint density at radius 1 is 1.44 bits per heavy atom. The zero-order valence-electron chi connectivity index (χ0n) is 10.4. The number of hydrogen-bond acceptors (Lipinski definition) is 4. The maximum Gasteiger partial charge on any atom is 0.147 e. The van der Waals surface area contributed by atoms with Gasteiger partial charge in [-0.3, -0.25) is 0 Å². The van der Waals surface area contributed by atoms with Crippen molar-refractivity contribution < 1.29 is 8.42 Å². The highest BCUT2D eigenvalue weighted by molar-refractivity contribution is 9.13. The van der Waals surface area contributed by atoms with E-state index < -0.39 is 9.84 Å². The van der Waals surface area contributed by atoms with Gasteiger partial charge >= 0.3 is 0 Å². The Balaban J connectivity index is 2.65. The number of sulfone groups is 1. The number of halogens is 2. The van der Waals surface area contributed by atoms with Crippen molar-refractivity contribution in [1.82, 2.24) is 5.32 Å². The van der Waals surface area contributed by atoms with Crippen molar-refractivity contribution in [3.05, 3.63) is 19.2 Å². The van der Waals surface area contributed by atoms with Gasteiger partial charge in [0.15, 0.2) is 0 Å². The quantitative estimate of drug-likeness (QED) is 0.733. The number of hydrogen-bond donors (Lipinski definition) is 1. The minimum atomic E-state index is -2.86. The standard InChI is InChI=1S/C11H17Br2NO2S2/c1-3-14-9(5-4-6-18(2,15)16)10-7-8(12)11(13)17-10/h7,9,14H,3-6H2,1-2H3. The van der Waals surface area contributed by atoms with E-state index in [1.165, 1.54) is 11.1 Å². The minimum absolute atomic E-state index is 0.226. The van der Waals surface area contributed by atoms with Crippen LogP contribution in [0.5, 0.6) is 0 Å². The Kier molecular flexibility index (Phi) is 6.81. The highest BCUT2D eigenvalue weighted by atomic mass is 79.9. The molecule has 0 spiro atoms. The third-order valence-corrected chi connectivity index (χ3v) is 6.87. The smallest absolute Gasteiger partial charge is 0.147 e. The van der Waals surface area contributed by atoms with Gasteiger partial charge < -0.3 is 5.32 Å². The van der Waals surface area contributed by atoms with Crippen molar-refractivity contribution in [2.45, 2.75) is 25.8 Å².